The second-order valence-electron chi connectivity index (χ2n) is 11.9. The Morgan fingerprint density at radius 3 is 1.02 bits per heavy atom. The van der Waals surface area contributed by atoms with Gasteiger partial charge in [0.2, 0.25) is 11.6 Å². The van der Waals surface area contributed by atoms with Crippen LogP contribution in [-0.4, -0.2) is 9.97 Å². The van der Waals surface area contributed by atoms with Gasteiger partial charge in [0.05, 0.1) is 43.9 Å². The van der Waals surface area contributed by atoms with Crippen molar-refractivity contribution in [2.24, 2.45) is 0 Å². The average molecular weight is 787 g/mol. The largest absolute Gasteiger partial charge is 0.252 e. The normalized spacial score (nSPS) is 11.8. The van der Waals surface area contributed by atoms with Crippen molar-refractivity contribution in [3.8, 4) is 44.8 Å². The molecule has 0 atom stereocenters. The molecule has 4 aromatic carbocycles. The van der Waals surface area contributed by atoms with Gasteiger partial charge in [-0.2, -0.15) is 0 Å². The molecule has 6 rings (SSSR count). The van der Waals surface area contributed by atoms with Crippen LogP contribution in [0, 0.1) is 69.8 Å². The van der Waals surface area contributed by atoms with Crippen molar-refractivity contribution in [2.75, 3.05) is 0 Å². The van der Waals surface area contributed by atoms with Crippen LogP contribution >= 0.6 is 23.2 Å². The molecular weight excluding hydrogens is 771 g/mol. The Hall–Kier alpha value is -5.08. The fourth-order valence-corrected chi connectivity index (χ4v) is 6.29. The van der Waals surface area contributed by atoms with Crippen LogP contribution in [0.25, 0.3) is 44.8 Å². The Morgan fingerprint density at radius 1 is 0.396 bits per heavy atom. The Morgan fingerprint density at radius 2 is 0.698 bits per heavy atom. The van der Waals surface area contributed by atoms with Crippen molar-refractivity contribution in [3.05, 3.63) is 152 Å². The SMILES string of the molecule is CC(C)(c1cccc(-c2ccc(F)c(-c3c(F)c(F)c(F)c(F)c3F)c2Cl)n1)c1cccc(-c2ccc(F)c(-c3c(F)c(F)c(F)c(F)c3F)c2Cl)n1. The molecular formula is C37H16Cl2F12N2. The zero-order valence-electron chi connectivity index (χ0n) is 26.5. The molecule has 16 heteroatoms. The van der Waals surface area contributed by atoms with Crippen LogP contribution in [0.3, 0.4) is 0 Å². The number of halogens is 14. The highest BCUT2D eigenvalue weighted by Crippen LogP contribution is 2.44. The molecule has 0 aliphatic carbocycles. The van der Waals surface area contributed by atoms with E-state index in [1.807, 2.05) is 0 Å². The lowest BCUT2D eigenvalue weighted by Crippen LogP contribution is -2.22. The highest BCUT2D eigenvalue weighted by atomic mass is 35.5. The fraction of sp³-hybridized carbons (Fsp3) is 0.0811. The Labute approximate surface area is 301 Å². The molecule has 6 aromatic rings. The van der Waals surface area contributed by atoms with Crippen molar-refractivity contribution < 1.29 is 52.7 Å². The van der Waals surface area contributed by atoms with Gasteiger partial charge in [0, 0.05) is 27.7 Å². The van der Waals surface area contributed by atoms with Crippen molar-refractivity contribution >= 4 is 23.2 Å². The molecule has 0 spiro atoms. The molecule has 0 N–H and O–H groups in total. The lowest BCUT2D eigenvalue weighted by Gasteiger charge is -2.25. The molecule has 0 aliphatic rings. The summed E-state index contributed by atoms with van der Waals surface area (Å²) in [5.41, 5.74) is -6.52. The topological polar surface area (TPSA) is 25.8 Å². The number of aromatic nitrogens is 2. The number of nitrogens with zero attached hydrogens (tertiary/aromatic N) is 2. The second-order valence-corrected chi connectivity index (χ2v) is 12.7. The van der Waals surface area contributed by atoms with Gasteiger partial charge in [-0.15, -0.1) is 0 Å². The fourth-order valence-electron chi connectivity index (χ4n) is 5.60. The van der Waals surface area contributed by atoms with Gasteiger partial charge >= 0.3 is 0 Å². The number of pyridine rings is 2. The molecule has 0 saturated heterocycles. The summed E-state index contributed by atoms with van der Waals surface area (Å²) in [5.74, 6) is -26.2. The van der Waals surface area contributed by atoms with E-state index in [0.29, 0.717) is 12.1 Å². The Bertz CT molecular complexity index is 2280. The van der Waals surface area contributed by atoms with E-state index in [-0.39, 0.29) is 33.9 Å². The van der Waals surface area contributed by atoms with E-state index in [1.54, 1.807) is 13.8 Å². The van der Waals surface area contributed by atoms with E-state index in [9.17, 15) is 52.7 Å². The first-order chi connectivity index (χ1) is 24.9. The first-order valence-electron chi connectivity index (χ1n) is 14.8. The maximum atomic E-state index is 15.0. The van der Waals surface area contributed by atoms with E-state index >= 15 is 0 Å². The molecule has 0 saturated carbocycles. The summed E-state index contributed by atoms with van der Waals surface area (Å²) >= 11 is 12.7. The van der Waals surface area contributed by atoms with Crippen LogP contribution in [0.1, 0.15) is 25.2 Å². The van der Waals surface area contributed by atoms with Gasteiger partial charge in [-0.25, -0.2) is 52.7 Å². The van der Waals surface area contributed by atoms with Gasteiger partial charge in [0.1, 0.15) is 11.6 Å². The maximum Gasteiger partial charge on any atom is 0.200 e. The molecule has 2 heterocycles. The van der Waals surface area contributed by atoms with Crippen molar-refractivity contribution in [3.63, 3.8) is 0 Å². The second kappa shape index (κ2) is 13.7. The van der Waals surface area contributed by atoms with Crippen molar-refractivity contribution in [1.82, 2.24) is 9.97 Å². The average Bonchev–Trinajstić information content (AvgIpc) is 3.14. The molecule has 272 valence electrons. The molecule has 2 aromatic heterocycles. The number of hydrogen-bond acceptors (Lipinski definition) is 2. The first kappa shape index (κ1) is 37.7. The zero-order valence-corrected chi connectivity index (χ0v) is 28.0. The minimum atomic E-state index is -2.45. The summed E-state index contributed by atoms with van der Waals surface area (Å²) < 4.78 is 172. The maximum absolute atomic E-state index is 15.0. The van der Waals surface area contributed by atoms with Gasteiger partial charge in [-0.05, 0) is 62.4 Å². The molecule has 53 heavy (non-hydrogen) atoms. The Balaban J connectivity index is 1.44. The van der Waals surface area contributed by atoms with E-state index in [1.165, 1.54) is 36.4 Å². The monoisotopic (exact) mass is 786 g/mol. The molecule has 0 fully saturated rings. The predicted octanol–water partition coefficient (Wildman–Crippen LogP) is 12.4. The zero-order chi connectivity index (χ0) is 38.8. The van der Waals surface area contributed by atoms with Crippen LogP contribution in [0.4, 0.5) is 52.7 Å². The first-order valence-corrected chi connectivity index (χ1v) is 15.6. The summed E-state index contributed by atoms with van der Waals surface area (Å²) in [6, 6.07) is 12.3. The summed E-state index contributed by atoms with van der Waals surface area (Å²) in [7, 11) is 0. The van der Waals surface area contributed by atoms with E-state index in [2.05, 4.69) is 9.97 Å². The van der Waals surface area contributed by atoms with Crippen molar-refractivity contribution in [1.29, 1.82) is 0 Å². The van der Waals surface area contributed by atoms with Crippen LogP contribution in [0.2, 0.25) is 10.0 Å². The van der Waals surface area contributed by atoms with Crippen LogP contribution in [0.15, 0.2) is 60.7 Å². The number of benzene rings is 4. The lowest BCUT2D eigenvalue weighted by molar-refractivity contribution is 0.381. The smallest absolute Gasteiger partial charge is 0.200 e. The third-order valence-electron chi connectivity index (χ3n) is 8.43. The molecule has 2 nitrogen and oxygen atoms in total. The molecule has 0 aliphatic heterocycles. The van der Waals surface area contributed by atoms with E-state index in [0.717, 1.165) is 12.1 Å². The quantitative estimate of drug-likeness (QED) is 0.0955. The van der Waals surface area contributed by atoms with Crippen LogP contribution in [0.5, 0.6) is 0 Å². The van der Waals surface area contributed by atoms with Crippen LogP contribution < -0.4 is 0 Å². The predicted molar refractivity (Wildman–Crippen MR) is 172 cm³/mol. The van der Waals surface area contributed by atoms with E-state index in [4.69, 9.17) is 23.2 Å². The van der Waals surface area contributed by atoms with Gasteiger partial charge in [0.25, 0.3) is 0 Å². The minimum Gasteiger partial charge on any atom is -0.252 e. The summed E-state index contributed by atoms with van der Waals surface area (Å²) in [6.07, 6.45) is 0. The molecule has 0 radical (unpaired) electrons. The third-order valence-corrected chi connectivity index (χ3v) is 9.22. The number of rotatable bonds is 6. The molecule has 0 unspecified atom stereocenters. The highest BCUT2D eigenvalue weighted by molar-refractivity contribution is 6.36. The van der Waals surface area contributed by atoms with Gasteiger partial charge in [-0.1, -0.05) is 35.3 Å². The molecule has 0 amide bonds. The van der Waals surface area contributed by atoms with Gasteiger partial charge < -0.3 is 0 Å². The molecule has 0 bridgehead atoms. The summed E-state index contributed by atoms with van der Waals surface area (Å²) in [4.78, 5) is 9.07. The Kier molecular flexibility index (Phi) is 9.75. The summed E-state index contributed by atoms with van der Waals surface area (Å²) in [6.45, 7) is 3.26. The van der Waals surface area contributed by atoms with Crippen LogP contribution in [-0.2, 0) is 5.41 Å². The number of hydrogen-bond donors (Lipinski definition) is 0. The lowest BCUT2D eigenvalue weighted by atomic mass is 9.84. The van der Waals surface area contributed by atoms with Gasteiger partial charge in [0.15, 0.2) is 46.5 Å². The standard InChI is InChI=1S/C37H16Cl2F12N2/c1-37(2,19-7-3-5-17(52-19)13-9-11-15(40)21(25(13)38)23-27(42)31(46)35(50)32(47)28(23)43)20-8-4-6-18(53-20)14-10-12-16(41)22(26(14)39)24-29(44)33(48)36(51)34(49)30(24)45/h3-12H,1-2H3. The highest BCUT2D eigenvalue weighted by Gasteiger charge is 2.33. The third kappa shape index (κ3) is 6.07. The van der Waals surface area contributed by atoms with Gasteiger partial charge in [-0.3, -0.25) is 9.97 Å². The van der Waals surface area contributed by atoms with E-state index < -0.39 is 108 Å². The summed E-state index contributed by atoms with van der Waals surface area (Å²) in [5, 5.41) is -1.46. The minimum absolute atomic E-state index is 0.0316. The van der Waals surface area contributed by atoms with Crippen molar-refractivity contribution in [2.45, 2.75) is 19.3 Å².